The lowest BCUT2D eigenvalue weighted by Gasteiger charge is -2.48. The van der Waals surface area contributed by atoms with Crippen LogP contribution in [0.4, 0.5) is 0 Å². The molecule has 0 saturated heterocycles. The number of rotatable bonds is 5. The summed E-state index contributed by atoms with van der Waals surface area (Å²) in [5.41, 5.74) is 0.117. The molecule has 0 radical (unpaired) electrons. The molecule has 1 aromatic heterocycles. The molecule has 2 bridgehead atoms. The van der Waals surface area contributed by atoms with E-state index in [-0.39, 0.29) is 16.9 Å². The van der Waals surface area contributed by atoms with Crippen LogP contribution in [0.25, 0.3) is 0 Å². The van der Waals surface area contributed by atoms with Gasteiger partial charge in [0.15, 0.2) is 0 Å². The van der Waals surface area contributed by atoms with Gasteiger partial charge in [0.1, 0.15) is 5.76 Å². The molecule has 2 aliphatic rings. The summed E-state index contributed by atoms with van der Waals surface area (Å²) in [6, 6.07) is 3.77. The highest BCUT2D eigenvalue weighted by molar-refractivity contribution is 5.79. The Morgan fingerprint density at radius 1 is 1.33 bits per heavy atom. The molecule has 2 fully saturated rings. The van der Waals surface area contributed by atoms with Crippen LogP contribution < -0.4 is 10.6 Å². The molecule has 3 rings (SSSR count). The van der Waals surface area contributed by atoms with Crippen LogP contribution in [0.1, 0.15) is 45.8 Å². The van der Waals surface area contributed by atoms with Gasteiger partial charge >= 0.3 is 0 Å². The van der Waals surface area contributed by atoms with Crippen molar-refractivity contribution in [3.05, 3.63) is 24.2 Å². The summed E-state index contributed by atoms with van der Waals surface area (Å²) in [4.78, 5) is 12.3. The monoisotopic (exact) mass is 290 g/mol. The Balaban J connectivity index is 1.54. The molecule has 4 nitrogen and oxygen atoms in total. The van der Waals surface area contributed by atoms with E-state index in [1.54, 1.807) is 6.26 Å². The van der Waals surface area contributed by atoms with E-state index in [0.717, 1.165) is 11.7 Å². The molecule has 0 unspecified atom stereocenters. The Morgan fingerprint density at radius 2 is 2.10 bits per heavy atom. The van der Waals surface area contributed by atoms with Gasteiger partial charge in [-0.2, -0.15) is 0 Å². The third kappa shape index (κ3) is 2.39. The largest absolute Gasteiger partial charge is 0.468 e. The van der Waals surface area contributed by atoms with Crippen LogP contribution in [-0.2, 0) is 11.3 Å². The van der Waals surface area contributed by atoms with E-state index in [1.165, 1.54) is 19.3 Å². The molecular formula is C17H26N2O2. The molecule has 1 amide bonds. The van der Waals surface area contributed by atoms with Crippen LogP contribution in [0.3, 0.4) is 0 Å². The van der Waals surface area contributed by atoms with Crippen molar-refractivity contribution < 1.29 is 9.21 Å². The number of amides is 1. The van der Waals surface area contributed by atoms with Crippen molar-refractivity contribution in [3.63, 3.8) is 0 Å². The highest BCUT2D eigenvalue weighted by Gasteiger charge is 2.60. The molecular weight excluding hydrogens is 264 g/mol. The Kier molecular flexibility index (Phi) is 3.60. The Hall–Kier alpha value is -1.29. The maximum Gasteiger partial charge on any atom is 0.234 e. The minimum absolute atomic E-state index is 0.0701. The van der Waals surface area contributed by atoms with E-state index in [9.17, 15) is 4.79 Å². The van der Waals surface area contributed by atoms with E-state index in [4.69, 9.17) is 4.42 Å². The normalized spacial score (nSPS) is 33.3. The minimum Gasteiger partial charge on any atom is -0.468 e. The summed E-state index contributed by atoms with van der Waals surface area (Å²) >= 11 is 0. The summed E-state index contributed by atoms with van der Waals surface area (Å²) in [6.45, 7) is 7.79. The van der Waals surface area contributed by atoms with E-state index in [2.05, 4.69) is 31.4 Å². The van der Waals surface area contributed by atoms with Gasteiger partial charge in [0.2, 0.25) is 5.91 Å². The first-order valence-electron chi connectivity index (χ1n) is 7.97. The van der Waals surface area contributed by atoms with Crippen molar-refractivity contribution in [3.8, 4) is 0 Å². The van der Waals surface area contributed by atoms with Gasteiger partial charge in [-0.1, -0.05) is 13.8 Å². The molecule has 4 heteroatoms. The van der Waals surface area contributed by atoms with Crippen molar-refractivity contribution in [2.75, 3.05) is 6.54 Å². The SMILES string of the molecule is CC1(C)[C@H]2CC[C@@H](C2)[C@]1(C)NC(=O)CNCc1ccco1. The molecule has 1 heterocycles. The van der Waals surface area contributed by atoms with Crippen LogP contribution in [0.15, 0.2) is 22.8 Å². The summed E-state index contributed by atoms with van der Waals surface area (Å²) in [6.07, 6.45) is 5.49. The molecule has 116 valence electrons. The molecule has 0 aliphatic heterocycles. The molecule has 2 N–H and O–H groups in total. The predicted molar refractivity (Wildman–Crippen MR) is 81.6 cm³/mol. The van der Waals surface area contributed by atoms with Crippen LogP contribution in [0, 0.1) is 17.3 Å². The lowest BCUT2D eigenvalue weighted by molar-refractivity contribution is -0.124. The number of carbonyl (C=O) groups excluding carboxylic acids is 1. The molecule has 0 spiro atoms. The molecule has 21 heavy (non-hydrogen) atoms. The summed E-state index contributed by atoms with van der Waals surface area (Å²) in [7, 11) is 0. The number of hydrogen-bond donors (Lipinski definition) is 2. The Labute approximate surface area is 126 Å². The Morgan fingerprint density at radius 3 is 2.71 bits per heavy atom. The lowest BCUT2D eigenvalue weighted by Crippen LogP contribution is -2.60. The summed E-state index contributed by atoms with van der Waals surface area (Å²) < 4.78 is 5.25. The first-order valence-corrected chi connectivity index (χ1v) is 7.97. The molecule has 3 atom stereocenters. The second kappa shape index (κ2) is 5.16. The molecule has 2 saturated carbocycles. The fourth-order valence-electron chi connectivity index (χ4n) is 4.42. The van der Waals surface area contributed by atoms with Gasteiger partial charge in [-0.3, -0.25) is 4.79 Å². The van der Waals surface area contributed by atoms with Gasteiger partial charge in [0.05, 0.1) is 19.4 Å². The number of furan rings is 1. The average molecular weight is 290 g/mol. The van der Waals surface area contributed by atoms with Crippen molar-refractivity contribution in [1.29, 1.82) is 0 Å². The number of hydrogen-bond acceptors (Lipinski definition) is 3. The van der Waals surface area contributed by atoms with Crippen molar-refractivity contribution in [1.82, 2.24) is 10.6 Å². The second-order valence-electron chi connectivity index (χ2n) is 7.36. The van der Waals surface area contributed by atoms with Crippen molar-refractivity contribution in [2.45, 2.75) is 52.1 Å². The van der Waals surface area contributed by atoms with Crippen LogP contribution >= 0.6 is 0 Å². The predicted octanol–water partition coefficient (Wildman–Crippen LogP) is 2.70. The number of carbonyl (C=O) groups is 1. The standard InChI is InChI=1S/C17H26N2O2/c1-16(2)12-6-7-13(9-12)17(16,3)19-15(20)11-18-10-14-5-4-8-21-14/h4-5,8,12-13,18H,6-7,9-11H2,1-3H3,(H,19,20)/t12-,13-,17-/m0/s1. The quantitative estimate of drug-likeness (QED) is 0.876. The fraction of sp³-hybridized carbons (Fsp3) is 0.706. The van der Waals surface area contributed by atoms with E-state index < -0.39 is 0 Å². The first-order chi connectivity index (χ1) is 9.93. The topological polar surface area (TPSA) is 54.3 Å². The summed E-state index contributed by atoms with van der Waals surface area (Å²) in [5, 5.41) is 6.47. The average Bonchev–Trinajstić information content (AvgIpc) is 3.11. The fourth-order valence-corrected chi connectivity index (χ4v) is 4.42. The molecule has 0 aromatic carbocycles. The van der Waals surface area contributed by atoms with E-state index in [0.29, 0.717) is 19.0 Å². The summed E-state index contributed by atoms with van der Waals surface area (Å²) in [5.74, 6) is 2.33. The van der Waals surface area contributed by atoms with E-state index in [1.807, 2.05) is 12.1 Å². The van der Waals surface area contributed by atoms with Gasteiger partial charge in [-0.05, 0) is 55.6 Å². The zero-order valence-electron chi connectivity index (χ0n) is 13.2. The highest BCUT2D eigenvalue weighted by atomic mass is 16.3. The van der Waals surface area contributed by atoms with Crippen molar-refractivity contribution in [2.24, 2.45) is 17.3 Å². The molecule has 2 aliphatic carbocycles. The van der Waals surface area contributed by atoms with Crippen LogP contribution in [-0.4, -0.2) is 18.0 Å². The number of nitrogens with one attached hydrogen (secondary N) is 2. The smallest absolute Gasteiger partial charge is 0.234 e. The third-order valence-corrected chi connectivity index (χ3v) is 6.17. The lowest BCUT2D eigenvalue weighted by atomic mass is 9.64. The maximum absolute atomic E-state index is 12.3. The second-order valence-corrected chi connectivity index (χ2v) is 7.36. The van der Waals surface area contributed by atoms with Gasteiger partial charge in [-0.15, -0.1) is 0 Å². The van der Waals surface area contributed by atoms with Gasteiger partial charge in [0, 0.05) is 5.54 Å². The van der Waals surface area contributed by atoms with E-state index >= 15 is 0 Å². The zero-order valence-corrected chi connectivity index (χ0v) is 13.2. The third-order valence-electron chi connectivity index (χ3n) is 6.17. The zero-order chi connectivity index (χ0) is 15.1. The van der Waals surface area contributed by atoms with Crippen molar-refractivity contribution >= 4 is 5.91 Å². The van der Waals surface area contributed by atoms with Gasteiger partial charge in [0.25, 0.3) is 0 Å². The maximum atomic E-state index is 12.3. The van der Waals surface area contributed by atoms with Crippen LogP contribution in [0.2, 0.25) is 0 Å². The van der Waals surface area contributed by atoms with Crippen LogP contribution in [0.5, 0.6) is 0 Å². The minimum atomic E-state index is -0.0701. The van der Waals surface area contributed by atoms with Gasteiger partial charge in [-0.25, -0.2) is 0 Å². The Bertz CT molecular complexity index is 509. The first kappa shape index (κ1) is 14.6. The molecule has 1 aromatic rings. The number of fused-ring (bicyclic) bond motifs is 2. The van der Waals surface area contributed by atoms with Gasteiger partial charge < -0.3 is 15.1 Å². The highest BCUT2D eigenvalue weighted by Crippen LogP contribution is 2.61.